The first kappa shape index (κ1) is 21.1. The van der Waals surface area contributed by atoms with Gasteiger partial charge in [0.15, 0.2) is 5.78 Å². The molecule has 25 heavy (non-hydrogen) atoms. The van der Waals surface area contributed by atoms with Crippen LogP contribution in [-0.4, -0.2) is 16.9 Å². The van der Waals surface area contributed by atoms with E-state index in [4.69, 9.17) is 5.11 Å². The number of aryl methyl sites for hydroxylation is 1. The molecule has 1 N–H and O–H groups in total. The number of carboxylic acid groups (broad SMARTS) is 1. The second-order valence-corrected chi connectivity index (χ2v) is 6.62. The van der Waals surface area contributed by atoms with Gasteiger partial charge in [-0.1, -0.05) is 89.0 Å². The van der Waals surface area contributed by atoms with Crippen molar-refractivity contribution in [3.05, 3.63) is 47.5 Å². The van der Waals surface area contributed by atoms with E-state index in [1.807, 2.05) is 18.2 Å². The number of unbranched alkanes of at least 4 members (excludes halogenated alkanes) is 9. The molecule has 1 rings (SSSR count). The third-order valence-electron chi connectivity index (χ3n) is 4.46. The summed E-state index contributed by atoms with van der Waals surface area (Å²) in [6, 6.07) is 7.50. The second-order valence-electron chi connectivity index (χ2n) is 6.62. The fraction of sp³-hybridized carbons (Fsp3) is 0.545. The van der Waals surface area contributed by atoms with Crippen LogP contribution in [0.5, 0.6) is 0 Å². The van der Waals surface area contributed by atoms with Gasteiger partial charge in [0.2, 0.25) is 0 Å². The molecule has 0 aromatic heterocycles. The molecule has 0 aliphatic rings. The van der Waals surface area contributed by atoms with Crippen molar-refractivity contribution in [3.8, 4) is 0 Å². The lowest BCUT2D eigenvalue weighted by Gasteiger charge is -2.07. The van der Waals surface area contributed by atoms with E-state index in [0.29, 0.717) is 5.56 Å². The second kappa shape index (κ2) is 13.4. The Morgan fingerprint density at radius 2 is 1.40 bits per heavy atom. The van der Waals surface area contributed by atoms with Gasteiger partial charge in [0.1, 0.15) is 0 Å². The molecule has 0 radical (unpaired) electrons. The molecular weight excluding hydrogens is 312 g/mol. The van der Waals surface area contributed by atoms with E-state index >= 15 is 0 Å². The minimum absolute atomic E-state index is 0.231. The van der Waals surface area contributed by atoms with Crippen LogP contribution in [-0.2, 0) is 11.2 Å². The lowest BCUT2D eigenvalue weighted by atomic mass is 9.97. The van der Waals surface area contributed by atoms with Crippen molar-refractivity contribution < 1.29 is 14.7 Å². The van der Waals surface area contributed by atoms with Crippen LogP contribution >= 0.6 is 0 Å². The molecule has 0 fully saturated rings. The molecular formula is C22H32O3. The molecule has 0 saturated heterocycles. The highest BCUT2D eigenvalue weighted by Crippen LogP contribution is 2.16. The minimum atomic E-state index is -1.10. The summed E-state index contributed by atoms with van der Waals surface area (Å²) >= 11 is 0. The molecule has 1 aromatic rings. The van der Waals surface area contributed by atoms with E-state index in [-0.39, 0.29) is 5.78 Å². The highest BCUT2D eigenvalue weighted by atomic mass is 16.4. The topological polar surface area (TPSA) is 54.4 Å². The summed E-state index contributed by atoms with van der Waals surface area (Å²) in [5.41, 5.74) is 1.64. The molecule has 0 atom stereocenters. The van der Waals surface area contributed by atoms with E-state index in [1.54, 1.807) is 6.07 Å². The van der Waals surface area contributed by atoms with E-state index in [0.717, 1.165) is 30.6 Å². The number of allylic oxidation sites excluding steroid dienone is 1. The van der Waals surface area contributed by atoms with Gasteiger partial charge < -0.3 is 5.11 Å². The number of aliphatic carboxylic acids is 1. The van der Waals surface area contributed by atoms with Gasteiger partial charge in [0.25, 0.3) is 0 Å². The third kappa shape index (κ3) is 9.85. The summed E-state index contributed by atoms with van der Waals surface area (Å²) in [6.07, 6.45) is 15.8. The number of hydrogen-bond donors (Lipinski definition) is 1. The number of hydrogen-bond acceptors (Lipinski definition) is 2. The Morgan fingerprint density at radius 1 is 0.840 bits per heavy atom. The Labute approximate surface area is 152 Å². The van der Waals surface area contributed by atoms with E-state index in [2.05, 4.69) is 6.92 Å². The normalized spacial score (nSPS) is 11.1. The molecule has 0 amide bonds. The van der Waals surface area contributed by atoms with E-state index in [1.165, 1.54) is 57.8 Å². The summed E-state index contributed by atoms with van der Waals surface area (Å²) in [5, 5.41) is 8.64. The first-order chi connectivity index (χ1) is 12.1. The highest BCUT2D eigenvalue weighted by Gasteiger charge is 2.08. The summed E-state index contributed by atoms with van der Waals surface area (Å²) < 4.78 is 0. The van der Waals surface area contributed by atoms with Crippen LogP contribution in [0.25, 0.3) is 0 Å². The van der Waals surface area contributed by atoms with Gasteiger partial charge in [-0.2, -0.15) is 0 Å². The van der Waals surface area contributed by atoms with Crippen molar-refractivity contribution in [2.24, 2.45) is 0 Å². The Morgan fingerprint density at radius 3 is 2.00 bits per heavy atom. The molecule has 0 saturated carbocycles. The molecule has 0 spiro atoms. The van der Waals surface area contributed by atoms with Crippen molar-refractivity contribution >= 4 is 11.8 Å². The molecule has 0 bridgehead atoms. The molecule has 0 unspecified atom stereocenters. The monoisotopic (exact) mass is 344 g/mol. The Bertz CT molecular complexity index is 546. The van der Waals surface area contributed by atoms with Crippen LogP contribution in [0, 0.1) is 0 Å². The number of ketones is 1. The highest BCUT2D eigenvalue weighted by molar-refractivity contribution is 6.07. The molecule has 3 heteroatoms. The summed E-state index contributed by atoms with van der Waals surface area (Å²) in [7, 11) is 0. The maximum atomic E-state index is 12.1. The largest absolute Gasteiger partial charge is 0.478 e. The molecule has 3 nitrogen and oxygen atoms in total. The fourth-order valence-electron chi connectivity index (χ4n) is 3.02. The zero-order valence-corrected chi connectivity index (χ0v) is 15.5. The van der Waals surface area contributed by atoms with Gasteiger partial charge in [0.05, 0.1) is 0 Å². The summed E-state index contributed by atoms with van der Waals surface area (Å²) in [5.74, 6) is -1.33. The maximum Gasteiger partial charge on any atom is 0.328 e. The predicted molar refractivity (Wildman–Crippen MR) is 103 cm³/mol. The van der Waals surface area contributed by atoms with Crippen LogP contribution < -0.4 is 0 Å². The average Bonchev–Trinajstić information content (AvgIpc) is 2.61. The molecule has 0 aliphatic heterocycles. The van der Waals surface area contributed by atoms with Gasteiger partial charge in [-0.05, 0) is 24.5 Å². The van der Waals surface area contributed by atoms with Crippen molar-refractivity contribution in [2.45, 2.75) is 77.6 Å². The van der Waals surface area contributed by atoms with Crippen LogP contribution in [0.1, 0.15) is 87.1 Å². The number of carbonyl (C=O) groups is 2. The standard InChI is InChI=1S/C22H32O3/c1-2-3-4-5-6-7-8-9-10-11-14-19-15-12-13-16-20(19)21(23)17-18-22(24)25/h12-13,15-18H,2-11,14H2,1H3,(H,24,25). The Hall–Kier alpha value is -1.90. The van der Waals surface area contributed by atoms with Crippen LogP contribution in [0.15, 0.2) is 36.4 Å². The first-order valence-corrected chi connectivity index (χ1v) is 9.68. The van der Waals surface area contributed by atoms with Crippen LogP contribution in [0.4, 0.5) is 0 Å². The van der Waals surface area contributed by atoms with Gasteiger partial charge in [-0.25, -0.2) is 4.79 Å². The van der Waals surface area contributed by atoms with E-state index in [9.17, 15) is 9.59 Å². The van der Waals surface area contributed by atoms with Gasteiger partial charge in [-0.15, -0.1) is 0 Å². The SMILES string of the molecule is CCCCCCCCCCCCc1ccccc1C(=O)C=CC(=O)O. The van der Waals surface area contributed by atoms with Crippen molar-refractivity contribution in [2.75, 3.05) is 0 Å². The number of carbonyl (C=O) groups excluding carboxylic acids is 1. The van der Waals surface area contributed by atoms with E-state index < -0.39 is 5.97 Å². The zero-order chi connectivity index (χ0) is 18.3. The minimum Gasteiger partial charge on any atom is -0.478 e. The number of carboxylic acids is 1. The average molecular weight is 344 g/mol. The first-order valence-electron chi connectivity index (χ1n) is 9.68. The zero-order valence-electron chi connectivity index (χ0n) is 15.5. The summed E-state index contributed by atoms with van der Waals surface area (Å²) in [4.78, 5) is 22.7. The number of benzene rings is 1. The Kier molecular flexibility index (Phi) is 11.3. The lowest BCUT2D eigenvalue weighted by Crippen LogP contribution is -2.02. The fourth-order valence-corrected chi connectivity index (χ4v) is 3.02. The quantitative estimate of drug-likeness (QED) is 0.257. The lowest BCUT2D eigenvalue weighted by molar-refractivity contribution is -0.131. The maximum absolute atomic E-state index is 12.1. The third-order valence-corrected chi connectivity index (χ3v) is 4.46. The van der Waals surface area contributed by atoms with Gasteiger partial charge in [-0.3, -0.25) is 4.79 Å². The molecule has 0 heterocycles. The van der Waals surface area contributed by atoms with Crippen molar-refractivity contribution in [1.29, 1.82) is 0 Å². The molecule has 1 aromatic carbocycles. The smallest absolute Gasteiger partial charge is 0.328 e. The predicted octanol–water partition coefficient (Wildman–Crippen LogP) is 5.97. The molecule has 138 valence electrons. The summed E-state index contributed by atoms with van der Waals surface area (Å²) in [6.45, 7) is 2.24. The van der Waals surface area contributed by atoms with Crippen molar-refractivity contribution in [1.82, 2.24) is 0 Å². The van der Waals surface area contributed by atoms with Crippen LogP contribution in [0.3, 0.4) is 0 Å². The van der Waals surface area contributed by atoms with Crippen LogP contribution in [0.2, 0.25) is 0 Å². The number of rotatable bonds is 14. The Balaban J connectivity index is 2.27. The van der Waals surface area contributed by atoms with Gasteiger partial charge >= 0.3 is 5.97 Å². The molecule has 0 aliphatic carbocycles. The van der Waals surface area contributed by atoms with Crippen molar-refractivity contribution in [3.63, 3.8) is 0 Å². The van der Waals surface area contributed by atoms with Gasteiger partial charge in [0, 0.05) is 11.6 Å².